The zero-order valence-electron chi connectivity index (χ0n) is 17.1. The van der Waals surface area contributed by atoms with E-state index < -0.39 is 11.7 Å². The van der Waals surface area contributed by atoms with Crippen molar-refractivity contribution in [2.75, 3.05) is 42.9 Å². The summed E-state index contributed by atoms with van der Waals surface area (Å²) in [7, 11) is 0. The SMILES string of the molecule is CCCCN1CCN(c2ccc(N=CC3C(=O)Nc4cc(F)ccc43)cc2F)CC1. The Labute approximate surface area is 175 Å². The van der Waals surface area contributed by atoms with Crippen molar-refractivity contribution in [3.05, 3.63) is 53.6 Å². The van der Waals surface area contributed by atoms with E-state index in [1.807, 2.05) is 0 Å². The van der Waals surface area contributed by atoms with Crippen molar-refractivity contribution in [2.45, 2.75) is 25.7 Å². The first-order valence-electron chi connectivity index (χ1n) is 10.5. The van der Waals surface area contributed by atoms with Gasteiger partial charge in [0, 0.05) is 44.1 Å². The predicted octanol–water partition coefficient (Wildman–Crippen LogP) is 4.33. The summed E-state index contributed by atoms with van der Waals surface area (Å²) < 4.78 is 28.1. The van der Waals surface area contributed by atoms with E-state index in [0.29, 0.717) is 22.6 Å². The van der Waals surface area contributed by atoms with Gasteiger partial charge in [-0.05, 0) is 42.8 Å². The van der Waals surface area contributed by atoms with Crippen LogP contribution in [-0.4, -0.2) is 49.7 Å². The number of piperazine rings is 1. The topological polar surface area (TPSA) is 47.9 Å². The van der Waals surface area contributed by atoms with Gasteiger partial charge in [-0.15, -0.1) is 0 Å². The minimum absolute atomic E-state index is 0.266. The molecule has 0 aliphatic carbocycles. The van der Waals surface area contributed by atoms with Crippen LogP contribution >= 0.6 is 0 Å². The van der Waals surface area contributed by atoms with Gasteiger partial charge in [0.15, 0.2) is 0 Å². The summed E-state index contributed by atoms with van der Waals surface area (Å²) >= 11 is 0. The summed E-state index contributed by atoms with van der Waals surface area (Å²) in [6, 6.07) is 9.09. The highest BCUT2D eigenvalue weighted by molar-refractivity contribution is 6.12. The van der Waals surface area contributed by atoms with E-state index in [1.165, 1.54) is 37.3 Å². The molecule has 1 amide bonds. The average molecular weight is 412 g/mol. The fourth-order valence-electron chi connectivity index (χ4n) is 3.99. The molecule has 30 heavy (non-hydrogen) atoms. The molecule has 2 aromatic rings. The summed E-state index contributed by atoms with van der Waals surface area (Å²) in [6.45, 7) is 6.78. The molecule has 5 nitrogen and oxygen atoms in total. The third kappa shape index (κ3) is 4.36. The normalized spacial score (nSPS) is 19.4. The molecule has 2 heterocycles. The molecule has 0 aromatic heterocycles. The lowest BCUT2D eigenvalue weighted by Crippen LogP contribution is -2.46. The molecule has 1 unspecified atom stereocenters. The summed E-state index contributed by atoms with van der Waals surface area (Å²) in [5.41, 5.74) is 2.16. The molecule has 0 spiro atoms. The van der Waals surface area contributed by atoms with Gasteiger partial charge in [0.25, 0.3) is 0 Å². The molecule has 2 aliphatic heterocycles. The second-order valence-electron chi connectivity index (χ2n) is 7.79. The Balaban J connectivity index is 1.43. The maximum Gasteiger partial charge on any atom is 0.237 e. The van der Waals surface area contributed by atoms with E-state index >= 15 is 0 Å². The molecule has 0 bridgehead atoms. The lowest BCUT2D eigenvalue weighted by atomic mass is 10.0. The first kappa shape index (κ1) is 20.5. The van der Waals surface area contributed by atoms with Crippen molar-refractivity contribution in [3.63, 3.8) is 0 Å². The summed E-state index contributed by atoms with van der Waals surface area (Å²) in [6.07, 6.45) is 3.86. The van der Waals surface area contributed by atoms with Crippen LogP contribution in [-0.2, 0) is 4.79 Å². The summed E-state index contributed by atoms with van der Waals surface area (Å²) in [5, 5.41) is 2.65. The average Bonchev–Trinajstić information content (AvgIpc) is 3.05. The number of carbonyl (C=O) groups excluding carboxylic acids is 1. The maximum atomic E-state index is 14.7. The fraction of sp³-hybridized carbons (Fsp3) is 0.391. The monoisotopic (exact) mass is 412 g/mol. The molecule has 0 saturated carbocycles. The van der Waals surface area contributed by atoms with Crippen LogP contribution in [0.4, 0.5) is 25.8 Å². The van der Waals surface area contributed by atoms with E-state index in [4.69, 9.17) is 0 Å². The minimum Gasteiger partial charge on any atom is -0.367 e. The molecule has 7 heteroatoms. The van der Waals surface area contributed by atoms with Crippen molar-refractivity contribution in [2.24, 2.45) is 4.99 Å². The van der Waals surface area contributed by atoms with Crippen molar-refractivity contribution < 1.29 is 13.6 Å². The number of rotatable bonds is 6. The van der Waals surface area contributed by atoms with Crippen LogP contribution in [0, 0.1) is 11.6 Å². The van der Waals surface area contributed by atoms with Gasteiger partial charge in [0.05, 0.1) is 11.4 Å². The van der Waals surface area contributed by atoms with E-state index in [-0.39, 0.29) is 11.7 Å². The number of fused-ring (bicyclic) bond motifs is 1. The van der Waals surface area contributed by atoms with Gasteiger partial charge in [0.2, 0.25) is 5.91 Å². The number of nitrogens with zero attached hydrogens (tertiary/aromatic N) is 3. The van der Waals surface area contributed by atoms with Crippen molar-refractivity contribution >= 4 is 29.2 Å². The van der Waals surface area contributed by atoms with E-state index in [9.17, 15) is 13.6 Å². The second-order valence-corrected chi connectivity index (χ2v) is 7.79. The molecule has 158 valence electrons. The number of benzene rings is 2. The minimum atomic E-state index is -0.612. The number of anilines is 2. The Kier molecular flexibility index (Phi) is 6.08. The molecule has 1 saturated heterocycles. The highest BCUT2D eigenvalue weighted by Crippen LogP contribution is 2.33. The zero-order chi connectivity index (χ0) is 21.1. The Hall–Kier alpha value is -2.80. The van der Waals surface area contributed by atoms with Crippen LogP contribution in [0.1, 0.15) is 31.2 Å². The number of hydrogen-bond acceptors (Lipinski definition) is 4. The van der Waals surface area contributed by atoms with Crippen LogP contribution in [0.2, 0.25) is 0 Å². The molecule has 1 fully saturated rings. The maximum absolute atomic E-state index is 14.7. The standard InChI is InChI=1S/C23H26F2N4O/c1-2-3-8-28-9-11-29(12-10-28)22-7-5-17(14-20(22)25)26-15-19-18-6-4-16(24)13-21(18)27-23(19)30/h4-7,13-15,19H,2-3,8-12H2,1H3,(H,27,30). The summed E-state index contributed by atoms with van der Waals surface area (Å²) in [5.74, 6) is -1.60. The third-order valence-electron chi connectivity index (χ3n) is 5.74. The third-order valence-corrected chi connectivity index (χ3v) is 5.74. The predicted molar refractivity (Wildman–Crippen MR) is 116 cm³/mol. The van der Waals surface area contributed by atoms with Gasteiger partial charge in [-0.1, -0.05) is 19.4 Å². The number of aliphatic imine (C=N–C) groups is 1. The highest BCUT2D eigenvalue weighted by Gasteiger charge is 2.29. The molecule has 0 radical (unpaired) electrons. The van der Waals surface area contributed by atoms with Crippen LogP contribution in [0.3, 0.4) is 0 Å². The quantitative estimate of drug-likeness (QED) is 0.719. The molecule has 1 atom stereocenters. The number of hydrogen-bond donors (Lipinski definition) is 1. The van der Waals surface area contributed by atoms with Crippen LogP contribution in [0.15, 0.2) is 41.4 Å². The fourth-order valence-corrected chi connectivity index (χ4v) is 3.99. The van der Waals surface area contributed by atoms with Crippen LogP contribution in [0.25, 0.3) is 0 Å². The first-order chi connectivity index (χ1) is 14.5. The number of carbonyl (C=O) groups is 1. The van der Waals surface area contributed by atoms with E-state index in [0.717, 1.165) is 32.7 Å². The lowest BCUT2D eigenvalue weighted by molar-refractivity contribution is -0.115. The largest absolute Gasteiger partial charge is 0.367 e. The molecular weight excluding hydrogens is 386 g/mol. The van der Waals surface area contributed by atoms with Crippen molar-refractivity contribution in [1.29, 1.82) is 0 Å². The Morgan fingerprint density at radius 2 is 1.93 bits per heavy atom. The molecule has 1 N–H and O–H groups in total. The molecule has 4 rings (SSSR count). The second kappa shape index (κ2) is 8.92. The van der Waals surface area contributed by atoms with Gasteiger partial charge in [-0.25, -0.2) is 8.78 Å². The van der Waals surface area contributed by atoms with Gasteiger partial charge >= 0.3 is 0 Å². The molecular formula is C23H26F2N4O. The zero-order valence-corrected chi connectivity index (χ0v) is 17.1. The smallest absolute Gasteiger partial charge is 0.237 e. The Morgan fingerprint density at radius 1 is 1.13 bits per heavy atom. The number of amides is 1. The van der Waals surface area contributed by atoms with Gasteiger partial charge < -0.3 is 10.2 Å². The number of halogens is 2. The van der Waals surface area contributed by atoms with Crippen LogP contribution in [0.5, 0.6) is 0 Å². The Bertz CT molecular complexity index is 954. The number of unbranched alkanes of at least 4 members (excludes halogenated alkanes) is 1. The van der Waals surface area contributed by atoms with E-state index in [2.05, 4.69) is 27.0 Å². The Morgan fingerprint density at radius 3 is 2.67 bits per heavy atom. The van der Waals surface area contributed by atoms with E-state index in [1.54, 1.807) is 18.2 Å². The summed E-state index contributed by atoms with van der Waals surface area (Å²) in [4.78, 5) is 21.0. The van der Waals surface area contributed by atoms with Gasteiger partial charge in [-0.3, -0.25) is 14.7 Å². The molecule has 2 aliphatic rings. The van der Waals surface area contributed by atoms with Gasteiger partial charge in [0.1, 0.15) is 17.6 Å². The number of nitrogens with one attached hydrogen (secondary N) is 1. The highest BCUT2D eigenvalue weighted by atomic mass is 19.1. The van der Waals surface area contributed by atoms with Crippen LogP contribution < -0.4 is 10.2 Å². The lowest BCUT2D eigenvalue weighted by Gasteiger charge is -2.36. The van der Waals surface area contributed by atoms with Crippen molar-refractivity contribution in [3.8, 4) is 0 Å². The van der Waals surface area contributed by atoms with Crippen molar-refractivity contribution in [1.82, 2.24) is 4.90 Å². The first-order valence-corrected chi connectivity index (χ1v) is 10.5. The van der Waals surface area contributed by atoms with Gasteiger partial charge in [-0.2, -0.15) is 0 Å². The molecule has 2 aromatic carbocycles.